The van der Waals surface area contributed by atoms with E-state index >= 15 is 0 Å². The van der Waals surface area contributed by atoms with Gasteiger partial charge in [0.1, 0.15) is 13.1 Å². The van der Waals surface area contributed by atoms with E-state index in [9.17, 15) is 0 Å². The number of halogens is 1. The van der Waals surface area contributed by atoms with E-state index in [-0.39, 0.29) is 28.7 Å². The van der Waals surface area contributed by atoms with Crippen LogP contribution in [0.2, 0.25) is 0 Å². The number of nitrogens with zero attached hydrogens (tertiary/aromatic N) is 1. The standard InChI is InChI=1S/C11H18N2S.HI/c1-11(2)8-9(7-10(12)14-11)13-5-3-4-6-13;/h7,12H,3-6,8H2,1-2H3;1H. The zero-order valence-corrected chi connectivity index (χ0v) is 12.4. The lowest BCUT2D eigenvalue weighted by Gasteiger charge is -2.26. The van der Waals surface area contributed by atoms with Crippen molar-refractivity contribution in [2.45, 2.75) is 37.9 Å². The van der Waals surface area contributed by atoms with Gasteiger partial charge in [0.2, 0.25) is 0 Å². The van der Waals surface area contributed by atoms with Crippen molar-refractivity contribution in [3.05, 3.63) is 11.1 Å². The van der Waals surface area contributed by atoms with Gasteiger partial charge in [-0.15, -0.1) is 11.8 Å². The van der Waals surface area contributed by atoms with Gasteiger partial charge in [0.05, 0.1) is 5.03 Å². The number of nitrogens with two attached hydrogens (primary N) is 1. The molecule has 1 fully saturated rings. The number of thioether (sulfide) groups is 1. The summed E-state index contributed by atoms with van der Waals surface area (Å²) in [5.74, 6) is 0. The van der Waals surface area contributed by atoms with Crippen LogP contribution in [0.15, 0.2) is 11.1 Å². The van der Waals surface area contributed by atoms with Crippen LogP contribution in [0.1, 0.15) is 33.1 Å². The average Bonchev–Trinajstić information content (AvgIpc) is 2.51. The first-order chi connectivity index (χ1) is 6.57. The normalized spacial score (nSPS) is 24.8. The van der Waals surface area contributed by atoms with Gasteiger partial charge in [-0.05, 0) is 13.8 Å². The van der Waals surface area contributed by atoms with E-state index < -0.39 is 0 Å². The van der Waals surface area contributed by atoms with Gasteiger partial charge < -0.3 is 29.7 Å². The van der Waals surface area contributed by atoms with Crippen LogP contribution in [-0.4, -0.2) is 28.1 Å². The molecule has 4 heteroatoms. The Labute approximate surface area is 113 Å². The Morgan fingerprint density at radius 1 is 1.33 bits per heavy atom. The van der Waals surface area contributed by atoms with Crippen molar-refractivity contribution in [1.82, 2.24) is 0 Å². The third-order valence-electron chi connectivity index (χ3n) is 2.82. The molecule has 0 amide bonds. The zero-order valence-electron chi connectivity index (χ0n) is 9.42. The smallest absolute Gasteiger partial charge is 0.180 e. The topological polar surface area (TPSA) is 29.0 Å². The quantitative estimate of drug-likeness (QED) is 0.451. The molecule has 2 aliphatic heterocycles. The van der Waals surface area contributed by atoms with Crippen molar-refractivity contribution in [2.24, 2.45) is 5.73 Å². The first kappa shape index (κ1) is 13.4. The fourth-order valence-electron chi connectivity index (χ4n) is 2.24. The van der Waals surface area contributed by atoms with Gasteiger partial charge >= 0.3 is 0 Å². The van der Waals surface area contributed by atoms with E-state index in [2.05, 4.69) is 24.5 Å². The maximum Gasteiger partial charge on any atom is 0.180 e. The molecule has 1 saturated heterocycles. The van der Waals surface area contributed by atoms with Gasteiger partial charge in [-0.25, -0.2) is 4.58 Å². The molecule has 0 saturated carbocycles. The van der Waals surface area contributed by atoms with Crippen LogP contribution in [0.5, 0.6) is 0 Å². The lowest BCUT2D eigenvalue weighted by molar-refractivity contribution is -0.506. The second kappa shape index (κ2) is 5.08. The first-order valence-electron chi connectivity index (χ1n) is 5.34. The predicted molar refractivity (Wildman–Crippen MR) is 62.8 cm³/mol. The maximum absolute atomic E-state index is 5.94. The van der Waals surface area contributed by atoms with Crippen LogP contribution >= 0.6 is 11.8 Å². The number of rotatable bonds is 0. The Balaban J connectivity index is 0.00000112. The predicted octanol–water partition coefficient (Wildman–Crippen LogP) is -1.05. The molecule has 86 valence electrons. The third kappa shape index (κ3) is 3.37. The van der Waals surface area contributed by atoms with Crippen LogP contribution in [0.3, 0.4) is 0 Å². The van der Waals surface area contributed by atoms with E-state index in [1.165, 1.54) is 31.6 Å². The second-order valence-corrected chi connectivity index (χ2v) is 6.55. The van der Waals surface area contributed by atoms with Crippen LogP contribution in [0.25, 0.3) is 0 Å². The van der Waals surface area contributed by atoms with E-state index in [0.717, 1.165) is 11.4 Å². The highest BCUT2D eigenvalue weighted by atomic mass is 127. The van der Waals surface area contributed by atoms with Gasteiger partial charge in [-0.1, -0.05) is 0 Å². The summed E-state index contributed by atoms with van der Waals surface area (Å²) in [6.45, 7) is 6.99. The first-order valence-corrected chi connectivity index (χ1v) is 6.15. The Bertz CT molecular complexity index is 300. The number of hydrogen-bond donors (Lipinski definition) is 1. The zero-order chi connectivity index (χ0) is 10.2. The molecule has 0 atom stereocenters. The molecule has 0 bridgehead atoms. The lowest BCUT2D eigenvalue weighted by atomic mass is 10.0. The molecule has 0 spiro atoms. The molecular weight excluding hydrogens is 319 g/mol. The molecule has 0 aliphatic carbocycles. The molecule has 0 aromatic carbocycles. The largest absolute Gasteiger partial charge is 1.00 e. The Morgan fingerprint density at radius 3 is 2.47 bits per heavy atom. The van der Waals surface area contributed by atoms with Crippen molar-refractivity contribution in [1.29, 1.82) is 0 Å². The van der Waals surface area contributed by atoms with Crippen molar-refractivity contribution in [3.63, 3.8) is 0 Å². The van der Waals surface area contributed by atoms with Crippen LogP contribution in [0, 0.1) is 0 Å². The summed E-state index contributed by atoms with van der Waals surface area (Å²) in [5, 5.41) is 0.975. The Hall–Kier alpha value is 0.290. The minimum absolute atomic E-state index is 0. The Kier molecular flexibility index (Phi) is 4.52. The minimum Gasteiger partial charge on any atom is -1.00 e. The van der Waals surface area contributed by atoms with Gasteiger partial charge in [-0.2, -0.15) is 0 Å². The summed E-state index contributed by atoms with van der Waals surface area (Å²) in [5.41, 5.74) is 7.39. The third-order valence-corrected chi connectivity index (χ3v) is 3.87. The van der Waals surface area contributed by atoms with E-state index in [0.29, 0.717) is 0 Å². The summed E-state index contributed by atoms with van der Waals surface area (Å²) in [6, 6.07) is 0. The second-order valence-electron chi connectivity index (χ2n) is 4.77. The number of hydrogen-bond acceptors (Lipinski definition) is 2. The van der Waals surface area contributed by atoms with Crippen molar-refractivity contribution < 1.29 is 28.6 Å². The average molecular weight is 338 g/mol. The van der Waals surface area contributed by atoms with Crippen molar-refractivity contribution in [3.8, 4) is 0 Å². The van der Waals surface area contributed by atoms with Crippen molar-refractivity contribution in [2.75, 3.05) is 13.1 Å². The molecule has 0 aromatic rings. The summed E-state index contributed by atoms with van der Waals surface area (Å²) >= 11 is 1.80. The highest BCUT2D eigenvalue weighted by Crippen LogP contribution is 2.36. The van der Waals surface area contributed by atoms with Gasteiger partial charge in [0, 0.05) is 30.1 Å². The molecule has 15 heavy (non-hydrogen) atoms. The summed E-state index contributed by atoms with van der Waals surface area (Å²) in [4.78, 5) is 0. The summed E-state index contributed by atoms with van der Waals surface area (Å²) in [6.07, 6.45) is 6.00. The van der Waals surface area contributed by atoms with E-state index in [1.54, 1.807) is 11.8 Å². The molecule has 2 aliphatic rings. The molecule has 2 N–H and O–H groups in total. The molecule has 0 radical (unpaired) electrons. The summed E-state index contributed by atoms with van der Waals surface area (Å²) < 4.78 is 2.77. The molecule has 2 heterocycles. The molecule has 0 aromatic heterocycles. The molecular formula is C11H19IN2S. The highest BCUT2D eigenvalue weighted by Gasteiger charge is 2.31. The summed E-state index contributed by atoms with van der Waals surface area (Å²) in [7, 11) is 0. The molecule has 2 rings (SSSR count). The van der Waals surface area contributed by atoms with Gasteiger partial charge in [-0.3, -0.25) is 0 Å². The highest BCUT2D eigenvalue weighted by molar-refractivity contribution is 8.04. The monoisotopic (exact) mass is 338 g/mol. The molecule has 2 nitrogen and oxygen atoms in total. The van der Waals surface area contributed by atoms with Gasteiger partial charge in [0.15, 0.2) is 5.71 Å². The Morgan fingerprint density at radius 2 is 1.93 bits per heavy atom. The SMILES string of the molecule is CC1(C)CC(=[N+]2CCCC2)C=C(N)S1.[I-]. The number of allylic oxidation sites excluding steroid dienone is 1. The molecule has 0 unspecified atom stereocenters. The maximum atomic E-state index is 5.94. The van der Waals surface area contributed by atoms with Crippen LogP contribution in [-0.2, 0) is 0 Å². The van der Waals surface area contributed by atoms with Crippen LogP contribution in [0.4, 0.5) is 0 Å². The fraction of sp³-hybridized carbons (Fsp3) is 0.727. The van der Waals surface area contributed by atoms with Crippen LogP contribution < -0.4 is 29.7 Å². The minimum atomic E-state index is 0. The lowest BCUT2D eigenvalue weighted by Crippen LogP contribution is -3.00. The van der Waals surface area contributed by atoms with Gasteiger partial charge in [0.25, 0.3) is 0 Å². The van der Waals surface area contributed by atoms with Crippen molar-refractivity contribution >= 4 is 17.5 Å². The fourth-order valence-corrected chi connectivity index (χ4v) is 3.30. The van der Waals surface area contributed by atoms with E-state index in [4.69, 9.17) is 5.73 Å². The van der Waals surface area contributed by atoms with E-state index in [1.807, 2.05) is 0 Å².